The lowest BCUT2D eigenvalue weighted by Gasteiger charge is -2.34. The summed E-state index contributed by atoms with van der Waals surface area (Å²) in [6, 6.07) is 0. The van der Waals surface area contributed by atoms with E-state index in [9.17, 15) is 0 Å². The molecular weight excluding hydrogens is 113 g/mol. The van der Waals surface area contributed by atoms with Crippen molar-refractivity contribution in [2.75, 3.05) is 0 Å². The predicted molar refractivity (Wildman–Crippen MR) is 52.8 cm³/mol. The smallest absolute Gasteiger partial charge is 0.116 e. The Hall–Kier alpha value is 0.570. The fourth-order valence-electron chi connectivity index (χ4n) is 0. The minimum atomic E-state index is -0.198. The first-order valence-electron chi connectivity index (χ1n) is 2.76. The van der Waals surface area contributed by atoms with Crippen LogP contribution in [-0.2, 0) is 0 Å². The molecular formula is C2H11B4NS. The Kier molecular flexibility index (Phi) is 2.22. The van der Waals surface area contributed by atoms with Gasteiger partial charge < -0.3 is 5.73 Å². The van der Waals surface area contributed by atoms with Crippen molar-refractivity contribution in [3.63, 3.8) is 0 Å². The Labute approximate surface area is 60.2 Å². The molecule has 0 atom stereocenters. The van der Waals surface area contributed by atoms with Crippen molar-refractivity contribution < 1.29 is 0 Å². The van der Waals surface area contributed by atoms with Gasteiger partial charge in [0.1, 0.15) is 31.4 Å². The summed E-state index contributed by atoms with van der Waals surface area (Å²) in [5, 5.41) is -0.198. The van der Waals surface area contributed by atoms with Crippen LogP contribution in [0.2, 0.25) is 0 Å². The molecule has 6 heteroatoms. The summed E-state index contributed by atoms with van der Waals surface area (Å²) in [6.07, 6.45) is 0. The minimum absolute atomic E-state index is 0.0903. The van der Waals surface area contributed by atoms with Crippen LogP contribution in [0.15, 0.2) is 0 Å². The van der Waals surface area contributed by atoms with E-state index in [4.69, 9.17) is 5.73 Å². The molecule has 0 aromatic heterocycles. The maximum atomic E-state index is 5.74. The topological polar surface area (TPSA) is 26.0 Å². The highest BCUT2D eigenvalue weighted by Crippen LogP contribution is 2.12. The minimum Gasteiger partial charge on any atom is -0.340 e. The molecule has 42 valence electrons. The lowest BCUT2D eigenvalue weighted by atomic mass is 9.43. The second-order valence-electron chi connectivity index (χ2n) is 3.28. The van der Waals surface area contributed by atoms with E-state index in [-0.39, 0.29) is 9.88 Å². The first-order valence-corrected chi connectivity index (χ1v) is 3.21. The van der Waals surface area contributed by atoms with Crippen LogP contribution < -0.4 is 5.73 Å². The quantitative estimate of drug-likeness (QED) is 0.269. The van der Waals surface area contributed by atoms with Crippen molar-refractivity contribution in [3.8, 4) is 0 Å². The predicted octanol–water partition coefficient (Wildman–Crippen LogP) is -4.29. The number of rotatable bonds is 1. The monoisotopic (exact) mass is 125 g/mol. The number of hydrogen-bond acceptors (Lipinski definition) is 2. The van der Waals surface area contributed by atoms with E-state index in [0.29, 0.717) is 0 Å². The number of thiol groups is 1. The maximum Gasteiger partial charge on any atom is 0.116 e. The molecule has 0 unspecified atom stereocenters. The highest BCUT2D eigenvalue weighted by atomic mass is 32.1. The molecule has 1 nitrogen and oxygen atoms in total. The highest BCUT2D eigenvalue weighted by Gasteiger charge is 2.28. The van der Waals surface area contributed by atoms with E-state index in [2.05, 4.69) is 12.6 Å². The molecule has 0 aromatic carbocycles. The fraction of sp³-hybridized carbons (Fsp3) is 1.00. The van der Waals surface area contributed by atoms with Crippen molar-refractivity contribution in [1.82, 2.24) is 0 Å². The molecule has 0 aliphatic heterocycles. The molecule has 0 amide bonds. The lowest BCUT2D eigenvalue weighted by Crippen LogP contribution is -2.59. The van der Waals surface area contributed by atoms with Crippen LogP contribution in [0.4, 0.5) is 0 Å². The van der Waals surface area contributed by atoms with Gasteiger partial charge in [-0.15, -0.1) is 0 Å². The molecule has 0 aliphatic carbocycles. The molecule has 0 saturated heterocycles. The molecule has 0 rings (SSSR count). The van der Waals surface area contributed by atoms with Gasteiger partial charge in [-0.3, -0.25) is 0 Å². The standard InChI is InChI=1S/C2H11B4NS/c3-1(4,7)2(5,6)8/h8H,3-7H2. The van der Waals surface area contributed by atoms with E-state index >= 15 is 0 Å². The average Bonchev–Trinajstić information content (AvgIpc) is 1.25. The van der Waals surface area contributed by atoms with Gasteiger partial charge in [-0.2, -0.15) is 12.6 Å². The van der Waals surface area contributed by atoms with Gasteiger partial charge in [0.15, 0.2) is 0 Å². The van der Waals surface area contributed by atoms with Gasteiger partial charge in [-0.1, -0.05) is 0 Å². The van der Waals surface area contributed by atoms with Crippen molar-refractivity contribution in [2.24, 2.45) is 5.73 Å². The summed E-state index contributed by atoms with van der Waals surface area (Å²) in [5.41, 5.74) is 5.74. The summed E-state index contributed by atoms with van der Waals surface area (Å²) < 4.78 is -0.0903. The highest BCUT2D eigenvalue weighted by molar-refractivity contribution is 7.85. The Morgan fingerprint density at radius 2 is 1.25 bits per heavy atom. The molecule has 0 aromatic rings. The van der Waals surface area contributed by atoms with Crippen LogP contribution in [0.25, 0.3) is 0 Å². The van der Waals surface area contributed by atoms with Crippen molar-refractivity contribution in [3.05, 3.63) is 0 Å². The molecule has 0 radical (unpaired) electrons. The summed E-state index contributed by atoms with van der Waals surface area (Å²) in [6.45, 7) is 0. The van der Waals surface area contributed by atoms with Gasteiger partial charge in [0, 0.05) is 0 Å². The molecule has 0 aliphatic rings. The van der Waals surface area contributed by atoms with E-state index in [0.717, 1.165) is 0 Å². The van der Waals surface area contributed by atoms with Gasteiger partial charge in [0.05, 0.1) is 0 Å². The van der Waals surface area contributed by atoms with Crippen LogP contribution in [0.1, 0.15) is 0 Å². The first-order chi connectivity index (χ1) is 3.25. The van der Waals surface area contributed by atoms with E-state index < -0.39 is 0 Å². The van der Waals surface area contributed by atoms with Gasteiger partial charge in [-0.25, -0.2) is 0 Å². The van der Waals surface area contributed by atoms with E-state index in [1.54, 1.807) is 0 Å². The normalized spacial score (nSPS) is 13.8. The molecule has 0 heterocycles. The van der Waals surface area contributed by atoms with Crippen LogP contribution in [0, 0.1) is 0 Å². The lowest BCUT2D eigenvalue weighted by molar-refractivity contribution is 0.856. The SMILES string of the molecule is BC(B)(N)C(B)(B)S. The van der Waals surface area contributed by atoms with Crippen LogP contribution in [-0.4, -0.2) is 41.3 Å². The van der Waals surface area contributed by atoms with Crippen molar-refractivity contribution >= 4 is 44.0 Å². The molecule has 0 spiro atoms. The van der Waals surface area contributed by atoms with Gasteiger partial charge in [-0.05, 0) is 9.88 Å². The maximum absolute atomic E-state index is 5.74. The van der Waals surface area contributed by atoms with E-state index in [1.165, 1.54) is 0 Å². The van der Waals surface area contributed by atoms with Crippen LogP contribution in [0.5, 0.6) is 0 Å². The zero-order chi connectivity index (χ0) is 7.00. The summed E-state index contributed by atoms with van der Waals surface area (Å²) in [4.78, 5) is 0. The van der Waals surface area contributed by atoms with Crippen LogP contribution >= 0.6 is 12.6 Å². The summed E-state index contributed by atoms with van der Waals surface area (Å²) >= 11 is 4.31. The van der Waals surface area contributed by atoms with Crippen LogP contribution in [0.3, 0.4) is 0 Å². The molecule has 2 N–H and O–H groups in total. The second-order valence-corrected chi connectivity index (χ2v) is 4.40. The fourth-order valence-corrected chi connectivity index (χ4v) is 0. The zero-order valence-electron chi connectivity index (χ0n) is 6.02. The average molecular weight is 124 g/mol. The molecule has 0 bridgehead atoms. The Bertz CT molecular complexity index is 69.0. The largest absolute Gasteiger partial charge is 0.340 e. The third-order valence-corrected chi connectivity index (χ3v) is 2.15. The van der Waals surface area contributed by atoms with Gasteiger partial charge in [0.25, 0.3) is 0 Å². The Morgan fingerprint density at radius 1 is 1.12 bits per heavy atom. The van der Waals surface area contributed by atoms with Gasteiger partial charge in [0.2, 0.25) is 0 Å². The summed E-state index contributed by atoms with van der Waals surface area (Å²) in [5.74, 6) is 0. The molecule has 8 heavy (non-hydrogen) atoms. The summed E-state index contributed by atoms with van der Waals surface area (Å²) in [7, 11) is 7.96. The Morgan fingerprint density at radius 3 is 1.25 bits per heavy atom. The second kappa shape index (κ2) is 2.07. The first kappa shape index (κ1) is 8.57. The van der Waals surface area contributed by atoms with Crippen molar-refractivity contribution in [2.45, 2.75) is 9.88 Å². The third kappa shape index (κ3) is 2.23. The van der Waals surface area contributed by atoms with Gasteiger partial charge >= 0.3 is 0 Å². The molecule has 0 saturated carbocycles. The number of nitrogens with two attached hydrogens (primary N) is 1. The van der Waals surface area contributed by atoms with Crippen molar-refractivity contribution in [1.29, 1.82) is 0 Å². The number of hydrogen-bond donors (Lipinski definition) is 2. The third-order valence-electron chi connectivity index (χ3n) is 1.58. The van der Waals surface area contributed by atoms with E-state index in [1.807, 2.05) is 31.4 Å². The zero-order valence-corrected chi connectivity index (χ0v) is 6.92. The Balaban J connectivity index is 4.02. The molecule has 0 fully saturated rings.